The molecule has 1 saturated carbocycles. The SMILES string of the molecule is COC(=O)C(NC(=O)[C@@](N)(C(=O)[C@H]1CCCC1C(CCc1ccccc1)ONC(=O)[C@@]1(CC(=O)OC(C)(C)C)C(c2ccccc2)N1C(=O)[C@H](C)NC(=O)[C@@H](N)CO)C(C)C)C(C)C. The van der Waals surface area contributed by atoms with Gasteiger partial charge in [-0.05, 0) is 82.3 Å². The van der Waals surface area contributed by atoms with Crippen molar-refractivity contribution in [2.45, 2.75) is 141 Å². The van der Waals surface area contributed by atoms with E-state index in [0.29, 0.717) is 37.7 Å². The molecule has 9 atom stereocenters. The molecule has 17 nitrogen and oxygen atoms in total. The van der Waals surface area contributed by atoms with Crippen LogP contribution < -0.4 is 27.6 Å². The van der Waals surface area contributed by atoms with Crippen LogP contribution in [0, 0.1) is 23.7 Å². The summed E-state index contributed by atoms with van der Waals surface area (Å²) < 4.78 is 10.6. The van der Waals surface area contributed by atoms with Gasteiger partial charge in [0, 0.05) is 5.92 Å². The number of esters is 2. The largest absolute Gasteiger partial charge is 0.467 e. The molecule has 8 N–H and O–H groups in total. The van der Waals surface area contributed by atoms with Crippen LogP contribution in [0.25, 0.3) is 0 Å². The Morgan fingerprint density at radius 3 is 2.06 bits per heavy atom. The molecule has 64 heavy (non-hydrogen) atoms. The van der Waals surface area contributed by atoms with E-state index in [1.54, 1.807) is 78.8 Å². The monoisotopic (exact) mass is 892 g/mol. The van der Waals surface area contributed by atoms with Crippen molar-refractivity contribution in [2.24, 2.45) is 35.1 Å². The van der Waals surface area contributed by atoms with E-state index in [9.17, 15) is 38.7 Å². The standard InChI is InChI=1S/C47H68N6O11/c1-27(2)37(42(59)62-9)51-44(61)47(49,28(3)4)39(56)33-22-16-21-32(33)35(24-23-30-17-12-10-13-18-30)64-52-43(60)46(25-36(55)63-45(6,7)8)38(31-19-14-11-15-20-31)53(46)41(58)29(5)50-40(57)34(48)26-54/h10-15,17-20,27-29,32-35,37-38,54H,16,21-26,48-49H2,1-9H3,(H,50,57)(H,51,61)(H,52,60)/t29-,32?,33-,34-,35?,37?,38?,46+,47-,53?/m0/s1. The van der Waals surface area contributed by atoms with E-state index < -0.39 is 119 Å². The maximum atomic E-state index is 15.0. The van der Waals surface area contributed by atoms with Gasteiger partial charge < -0.3 is 41.6 Å². The molecule has 0 bridgehead atoms. The molecule has 4 rings (SSSR count). The summed E-state index contributed by atoms with van der Waals surface area (Å²) in [6.07, 6.45) is 0.774. The Hall–Kier alpha value is -5.23. The molecule has 2 aliphatic rings. The molecular formula is C47H68N6O11. The zero-order valence-corrected chi connectivity index (χ0v) is 38.6. The third-order valence-corrected chi connectivity index (χ3v) is 12.3. The fraction of sp³-hybridized carbons (Fsp3) is 0.596. The van der Waals surface area contributed by atoms with E-state index in [1.165, 1.54) is 18.9 Å². The van der Waals surface area contributed by atoms with E-state index in [2.05, 4.69) is 16.1 Å². The molecular weight excluding hydrogens is 825 g/mol. The molecule has 4 unspecified atom stereocenters. The molecule has 1 heterocycles. The van der Waals surface area contributed by atoms with Crippen LogP contribution in [0.2, 0.25) is 0 Å². The van der Waals surface area contributed by atoms with Gasteiger partial charge in [-0.3, -0.25) is 33.6 Å². The van der Waals surface area contributed by atoms with Crippen LogP contribution in [0.5, 0.6) is 0 Å². The molecule has 2 aromatic carbocycles. The topological polar surface area (TPSA) is 259 Å². The lowest BCUT2D eigenvalue weighted by molar-refractivity contribution is -0.161. The smallest absolute Gasteiger partial charge is 0.328 e. The number of aliphatic hydroxyl groups is 1. The Labute approximate surface area is 376 Å². The number of Topliss-reactive ketones (excluding diaryl/α,β-unsaturated/α-hetero) is 1. The zero-order valence-electron chi connectivity index (χ0n) is 38.6. The third-order valence-electron chi connectivity index (χ3n) is 12.3. The van der Waals surface area contributed by atoms with Crippen LogP contribution in [0.15, 0.2) is 60.7 Å². The van der Waals surface area contributed by atoms with Crippen molar-refractivity contribution in [1.82, 2.24) is 21.0 Å². The van der Waals surface area contributed by atoms with E-state index in [1.807, 2.05) is 30.3 Å². The molecule has 1 aliphatic carbocycles. The van der Waals surface area contributed by atoms with Gasteiger partial charge in [0.1, 0.15) is 23.7 Å². The number of carbonyl (C=O) groups excluding carboxylic acids is 7. The highest BCUT2D eigenvalue weighted by Crippen LogP contribution is 2.56. The second kappa shape index (κ2) is 21.6. The summed E-state index contributed by atoms with van der Waals surface area (Å²) in [6.45, 7) is 12.5. The second-order valence-corrected chi connectivity index (χ2v) is 18.6. The van der Waals surface area contributed by atoms with Crippen molar-refractivity contribution >= 4 is 41.4 Å². The normalized spacial score (nSPS) is 22.3. The fourth-order valence-electron chi connectivity index (χ4n) is 8.62. The number of methoxy groups -OCH3 is 1. The summed E-state index contributed by atoms with van der Waals surface area (Å²) in [4.78, 5) is 105. The minimum absolute atomic E-state index is 0.306. The zero-order chi connectivity index (χ0) is 47.7. The molecule has 0 spiro atoms. The number of ketones is 1. The number of nitrogens with one attached hydrogen (secondary N) is 3. The maximum absolute atomic E-state index is 15.0. The lowest BCUT2D eigenvalue weighted by Crippen LogP contribution is -2.67. The van der Waals surface area contributed by atoms with Gasteiger partial charge in [-0.2, -0.15) is 0 Å². The van der Waals surface area contributed by atoms with Crippen molar-refractivity contribution < 1.29 is 53.0 Å². The van der Waals surface area contributed by atoms with Crippen LogP contribution in [0.4, 0.5) is 0 Å². The van der Waals surface area contributed by atoms with Gasteiger partial charge in [0.15, 0.2) is 16.9 Å². The van der Waals surface area contributed by atoms with Gasteiger partial charge in [0.2, 0.25) is 17.7 Å². The van der Waals surface area contributed by atoms with Gasteiger partial charge >= 0.3 is 11.9 Å². The van der Waals surface area contributed by atoms with Gasteiger partial charge in [-0.1, -0.05) is 94.8 Å². The van der Waals surface area contributed by atoms with Crippen molar-refractivity contribution in [3.63, 3.8) is 0 Å². The molecule has 2 fully saturated rings. The summed E-state index contributed by atoms with van der Waals surface area (Å²) in [5, 5.41) is 14.6. The molecule has 0 aromatic heterocycles. The average Bonchev–Trinajstić information content (AvgIpc) is 3.65. The van der Waals surface area contributed by atoms with Crippen LogP contribution in [0.1, 0.15) is 105 Å². The van der Waals surface area contributed by atoms with Crippen LogP contribution in [-0.2, 0) is 54.3 Å². The average molecular weight is 893 g/mol. The van der Waals surface area contributed by atoms with Gasteiger partial charge in [-0.15, -0.1) is 0 Å². The molecule has 4 amide bonds. The fourth-order valence-corrected chi connectivity index (χ4v) is 8.62. The van der Waals surface area contributed by atoms with E-state index in [4.69, 9.17) is 25.8 Å². The first-order valence-corrected chi connectivity index (χ1v) is 22.0. The first-order valence-electron chi connectivity index (χ1n) is 22.0. The number of nitrogens with two attached hydrogens (primary N) is 2. The molecule has 352 valence electrons. The Kier molecular flexibility index (Phi) is 17.4. The number of ether oxygens (including phenoxy) is 2. The van der Waals surface area contributed by atoms with Crippen LogP contribution in [0.3, 0.4) is 0 Å². The number of carbonyl (C=O) groups is 7. The van der Waals surface area contributed by atoms with E-state index in [-0.39, 0.29) is 5.92 Å². The van der Waals surface area contributed by atoms with Crippen molar-refractivity contribution in [3.05, 3.63) is 71.8 Å². The Balaban J connectivity index is 1.74. The van der Waals surface area contributed by atoms with Crippen LogP contribution in [-0.4, -0.2) is 106 Å². The van der Waals surface area contributed by atoms with Gasteiger partial charge in [-0.25, -0.2) is 10.3 Å². The number of nitrogens with zero attached hydrogens (tertiary/aromatic N) is 1. The Morgan fingerprint density at radius 2 is 1.52 bits per heavy atom. The molecule has 1 saturated heterocycles. The van der Waals surface area contributed by atoms with Crippen LogP contribution >= 0.6 is 0 Å². The van der Waals surface area contributed by atoms with Gasteiger partial charge in [0.05, 0.1) is 32.3 Å². The lowest BCUT2D eigenvalue weighted by atomic mass is 9.73. The van der Waals surface area contributed by atoms with Crippen molar-refractivity contribution in [3.8, 4) is 0 Å². The summed E-state index contributed by atoms with van der Waals surface area (Å²) in [6, 6.07) is 13.5. The maximum Gasteiger partial charge on any atom is 0.328 e. The molecule has 17 heteroatoms. The molecule has 1 aliphatic heterocycles. The highest BCUT2D eigenvalue weighted by atomic mass is 16.7. The number of amides is 4. The predicted octanol–water partition coefficient (Wildman–Crippen LogP) is 2.57. The molecule has 2 aromatic rings. The summed E-state index contributed by atoms with van der Waals surface area (Å²) in [5.74, 6) is -7.58. The number of hydrogen-bond donors (Lipinski definition) is 6. The summed E-state index contributed by atoms with van der Waals surface area (Å²) >= 11 is 0. The van der Waals surface area contributed by atoms with Crippen molar-refractivity contribution in [1.29, 1.82) is 0 Å². The van der Waals surface area contributed by atoms with E-state index in [0.717, 1.165) is 5.56 Å². The number of hydrogen-bond acceptors (Lipinski definition) is 13. The Morgan fingerprint density at radius 1 is 0.906 bits per heavy atom. The first kappa shape index (κ1) is 51.4. The first-order chi connectivity index (χ1) is 30.0. The highest BCUT2D eigenvalue weighted by Gasteiger charge is 2.72. The number of aliphatic hydroxyl groups excluding tert-OH is 1. The predicted molar refractivity (Wildman–Crippen MR) is 236 cm³/mol. The summed E-state index contributed by atoms with van der Waals surface area (Å²) in [5.41, 5.74) is 11.7. The third kappa shape index (κ3) is 11.7. The summed E-state index contributed by atoms with van der Waals surface area (Å²) in [7, 11) is 1.21. The quantitative estimate of drug-likeness (QED) is 0.0457. The number of benzene rings is 2. The minimum atomic E-state index is -2.05. The minimum Gasteiger partial charge on any atom is -0.467 e. The number of hydroxylamine groups is 1. The Bertz CT molecular complexity index is 1980. The van der Waals surface area contributed by atoms with E-state index >= 15 is 0 Å². The lowest BCUT2D eigenvalue weighted by Gasteiger charge is -2.37. The van der Waals surface area contributed by atoms with Gasteiger partial charge in [0.25, 0.3) is 5.91 Å². The van der Waals surface area contributed by atoms with Crippen molar-refractivity contribution in [2.75, 3.05) is 13.7 Å². The second-order valence-electron chi connectivity index (χ2n) is 18.6. The number of aryl methyl sites for hydroxylation is 1. The highest BCUT2D eigenvalue weighted by molar-refractivity contribution is 6.12. The number of rotatable bonds is 21. The molecule has 0 radical (unpaired) electrons.